The number of carboxylic acids is 1. The van der Waals surface area contributed by atoms with Gasteiger partial charge in [-0.3, -0.25) is 9.59 Å². The number of para-hydroxylation sites is 2. The van der Waals surface area contributed by atoms with Crippen LogP contribution < -0.4 is 4.90 Å². The predicted octanol–water partition coefficient (Wildman–Crippen LogP) is 7.95. The van der Waals surface area contributed by atoms with E-state index in [0.717, 1.165) is 35.6 Å². The van der Waals surface area contributed by atoms with Crippen LogP contribution in [0.3, 0.4) is 0 Å². The standard InChI is InChI=1S/C43H42N2O4/c1-42(30-33-16-6-3-7-17-33)35-20-12-14-22-37(35)44(27-26-41(47)48)39(42)24-10-5-11-25-40-43(2,31-34-18-8-4-9-19-34)36-21-13-15-23-38(36)45(40)28-29-49-32-46/h3-25,32H,26-31H2,1-2H3/p+1. The Morgan fingerprint density at radius 1 is 0.776 bits per heavy atom. The van der Waals surface area contributed by atoms with Gasteiger partial charge in [0.25, 0.3) is 6.47 Å². The number of anilines is 1. The Morgan fingerprint density at radius 2 is 1.39 bits per heavy atom. The largest absolute Gasteiger partial charge is 0.481 e. The summed E-state index contributed by atoms with van der Waals surface area (Å²) in [5.41, 5.74) is 8.64. The summed E-state index contributed by atoms with van der Waals surface area (Å²) in [4.78, 5) is 24.9. The molecule has 0 fully saturated rings. The van der Waals surface area contributed by atoms with Crippen LogP contribution >= 0.6 is 0 Å². The van der Waals surface area contributed by atoms with E-state index in [9.17, 15) is 14.7 Å². The van der Waals surface area contributed by atoms with Crippen molar-refractivity contribution in [1.82, 2.24) is 0 Å². The van der Waals surface area contributed by atoms with Crippen LogP contribution in [0.1, 0.15) is 42.5 Å². The summed E-state index contributed by atoms with van der Waals surface area (Å²) in [5, 5.41) is 9.61. The molecule has 0 saturated heterocycles. The number of carbonyl (C=O) groups excluding carboxylic acids is 1. The number of benzene rings is 4. The second-order valence-electron chi connectivity index (χ2n) is 13.1. The molecule has 0 aromatic heterocycles. The van der Waals surface area contributed by atoms with E-state index in [1.165, 1.54) is 22.3 Å². The number of ether oxygens (including phenoxy) is 1. The van der Waals surface area contributed by atoms with Gasteiger partial charge in [-0.1, -0.05) is 115 Å². The van der Waals surface area contributed by atoms with Gasteiger partial charge in [0, 0.05) is 41.1 Å². The Bertz CT molecular complexity index is 1930. The quantitative estimate of drug-likeness (QED) is 0.0649. The van der Waals surface area contributed by atoms with Crippen molar-refractivity contribution in [2.24, 2.45) is 0 Å². The number of carboxylic acid groups (broad SMARTS) is 1. The first-order valence-electron chi connectivity index (χ1n) is 16.9. The molecular formula is C43H43N2O4+. The maximum Gasteiger partial charge on any atom is 0.305 e. The van der Waals surface area contributed by atoms with Crippen molar-refractivity contribution in [2.75, 3.05) is 24.6 Å². The van der Waals surface area contributed by atoms with Crippen molar-refractivity contribution >= 4 is 29.5 Å². The summed E-state index contributed by atoms with van der Waals surface area (Å²) in [6, 6.07) is 37.8. The first-order chi connectivity index (χ1) is 23.8. The molecule has 0 aliphatic carbocycles. The number of fused-ring (bicyclic) bond motifs is 2. The van der Waals surface area contributed by atoms with E-state index in [-0.39, 0.29) is 23.9 Å². The number of allylic oxidation sites excluding steroid dienone is 6. The maximum absolute atomic E-state index is 11.7. The summed E-state index contributed by atoms with van der Waals surface area (Å²) in [7, 11) is 0. The van der Waals surface area contributed by atoms with Crippen LogP contribution in [-0.2, 0) is 38.0 Å². The number of nitrogens with zero attached hydrogens (tertiary/aromatic N) is 2. The average Bonchev–Trinajstić information content (AvgIpc) is 3.48. The molecule has 0 radical (unpaired) electrons. The van der Waals surface area contributed by atoms with Crippen LogP contribution in [0.5, 0.6) is 0 Å². The third kappa shape index (κ3) is 6.91. The topological polar surface area (TPSA) is 69.8 Å². The molecule has 2 unspecified atom stereocenters. The molecule has 4 aromatic carbocycles. The van der Waals surface area contributed by atoms with Crippen molar-refractivity contribution in [3.63, 3.8) is 0 Å². The van der Waals surface area contributed by atoms with Gasteiger partial charge in [0.1, 0.15) is 6.61 Å². The zero-order valence-corrected chi connectivity index (χ0v) is 28.2. The molecule has 2 atom stereocenters. The SMILES string of the molecule is CC1(Cc2ccccc2)C(/C=C/C=C/C=C2/N(CCC(=O)O)c3ccccc3C2(C)Cc2ccccc2)=[N+](CCOC=O)c2ccccc21. The fraction of sp³-hybridized carbons (Fsp3) is 0.233. The van der Waals surface area contributed by atoms with Crippen LogP contribution in [-0.4, -0.2) is 47.5 Å². The third-order valence-electron chi connectivity index (χ3n) is 9.87. The molecule has 248 valence electrons. The Hall–Kier alpha value is -5.49. The molecule has 6 nitrogen and oxygen atoms in total. The second kappa shape index (κ2) is 14.7. The van der Waals surface area contributed by atoms with E-state index in [1.54, 1.807) is 0 Å². The molecular weight excluding hydrogens is 608 g/mol. The van der Waals surface area contributed by atoms with Gasteiger partial charge in [-0.25, -0.2) is 0 Å². The summed E-state index contributed by atoms with van der Waals surface area (Å²) >= 11 is 0. The van der Waals surface area contributed by atoms with Crippen molar-refractivity contribution in [3.05, 3.63) is 168 Å². The van der Waals surface area contributed by atoms with Crippen LogP contribution in [0, 0.1) is 0 Å². The molecule has 49 heavy (non-hydrogen) atoms. The van der Waals surface area contributed by atoms with Gasteiger partial charge >= 0.3 is 5.97 Å². The molecule has 0 saturated carbocycles. The fourth-order valence-electron chi connectivity index (χ4n) is 7.65. The molecule has 4 aromatic rings. The lowest BCUT2D eigenvalue weighted by Crippen LogP contribution is -2.34. The normalized spacial score (nSPS) is 20.7. The van der Waals surface area contributed by atoms with Crippen LogP contribution in [0.4, 0.5) is 11.4 Å². The second-order valence-corrected chi connectivity index (χ2v) is 13.1. The number of rotatable bonds is 14. The monoisotopic (exact) mass is 651 g/mol. The minimum Gasteiger partial charge on any atom is -0.481 e. The Kier molecular flexibility index (Phi) is 10.0. The van der Waals surface area contributed by atoms with Gasteiger partial charge in [0.15, 0.2) is 12.3 Å². The van der Waals surface area contributed by atoms with Crippen LogP contribution in [0.25, 0.3) is 0 Å². The third-order valence-corrected chi connectivity index (χ3v) is 9.87. The van der Waals surface area contributed by atoms with Gasteiger partial charge in [0.2, 0.25) is 5.69 Å². The van der Waals surface area contributed by atoms with E-state index in [1.807, 2.05) is 24.3 Å². The fourth-order valence-corrected chi connectivity index (χ4v) is 7.65. The van der Waals surface area contributed by atoms with E-state index >= 15 is 0 Å². The van der Waals surface area contributed by atoms with Gasteiger partial charge in [-0.05, 0) is 55.5 Å². The molecule has 0 spiro atoms. The molecule has 2 heterocycles. The Labute approximate surface area is 289 Å². The van der Waals surface area contributed by atoms with E-state index in [2.05, 4.69) is 139 Å². The number of carbonyl (C=O) groups is 2. The minimum absolute atomic E-state index is 0.0409. The van der Waals surface area contributed by atoms with Gasteiger partial charge < -0.3 is 14.7 Å². The smallest absolute Gasteiger partial charge is 0.305 e. The minimum atomic E-state index is -0.816. The van der Waals surface area contributed by atoms with E-state index in [0.29, 0.717) is 19.6 Å². The Morgan fingerprint density at radius 3 is 2.06 bits per heavy atom. The molecule has 1 N–H and O–H groups in total. The van der Waals surface area contributed by atoms with Crippen LogP contribution in [0.15, 0.2) is 145 Å². The van der Waals surface area contributed by atoms with Crippen LogP contribution in [0.2, 0.25) is 0 Å². The Balaban J connectivity index is 1.37. The maximum atomic E-state index is 11.7. The first kappa shape index (κ1) is 33.4. The van der Waals surface area contributed by atoms with Gasteiger partial charge in [-0.15, -0.1) is 0 Å². The average molecular weight is 652 g/mol. The van der Waals surface area contributed by atoms with E-state index in [4.69, 9.17) is 4.74 Å². The first-order valence-corrected chi connectivity index (χ1v) is 16.9. The van der Waals surface area contributed by atoms with Crippen molar-refractivity contribution in [1.29, 1.82) is 0 Å². The lowest BCUT2D eigenvalue weighted by molar-refractivity contribution is -0.440. The molecule has 6 rings (SSSR count). The summed E-state index contributed by atoms with van der Waals surface area (Å²) in [5.74, 6) is -0.816. The summed E-state index contributed by atoms with van der Waals surface area (Å²) in [6.07, 6.45) is 12.1. The highest BCUT2D eigenvalue weighted by molar-refractivity contribution is 6.03. The lowest BCUT2D eigenvalue weighted by atomic mass is 9.74. The zero-order valence-electron chi connectivity index (χ0n) is 28.2. The zero-order chi connectivity index (χ0) is 34.3. The van der Waals surface area contributed by atoms with Crippen molar-refractivity contribution in [2.45, 2.75) is 43.9 Å². The van der Waals surface area contributed by atoms with Crippen molar-refractivity contribution < 1.29 is 24.0 Å². The molecule has 0 amide bonds. The number of hydrogen-bond acceptors (Lipinski definition) is 4. The molecule has 6 heteroatoms. The predicted molar refractivity (Wildman–Crippen MR) is 196 cm³/mol. The highest BCUT2D eigenvalue weighted by Crippen LogP contribution is 2.50. The highest BCUT2D eigenvalue weighted by Gasteiger charge is 2.47. The molecule has 0 bridgehead atoms. The summed E-state index contributed by atoms with van der Waals surface area (Å²) in [6.45, 7) is 6.26. The van der Waals surface area contributed by atoms with Gasteiger partial charge in [0.05, 0.1) is 11.8 Å². The number of aliphatic carboxylic acids is 1. The van der Waals surface area contributed by atoms with Crippen molar-refractivity contribution in [3.8, 4) is 0 Å². The molecule has 2 aliphatic heterocycles. The van der Waals surface area contributed by atoms with Gasteiger partial charge in [-0.2, -0.15) is 4.58 Å². The molecule has 2 aliphatic rings. The number of hydrogen-bond donors (Lipinski definition) is 1. The lowest BCUT2D eigenvalue weighted by Gasteiger charge is -2.30. The summed E-state index contributed by atoms with van der Waals surface area (Å²) < 4.78 is 7.42. The van der Waals surface area contributed by atoms with E-state index < -0.39 is 5.97 Å². The highest BCUT2D eigenvalue weighted by atomic mass is 16.5.